The first-order chi connectivity index (χ1) is 7.22. The fourth-order valence-electron chi connectivity index (χ4n) is 1.72. The van der Waals surface area contributed by atoms with E-state index >= 15 is 0 Å². The van der Waals surface area contributed by atoms with Crippen LogP contribution in [0.25, 0.3) is 0 Å². The molecule has 1 N–H and O–H groups in total. The van der Waals surface area contributed by atoms with Gasteiger partial charge in [0.15, 0.2) is 0 Å². The Labute approximate surface area is 92.9 Å². The zero-order chi connectivity index (χ0) is 11.1. The predicted molar refractivity (Wildman–Crippen MR) is 65.7 cm³/mol. The van der Waals surface area contributed by atoms with Crippen LogP contribution >= 0.6 is 0 Å². The molecule has 0 radical (unpaired) electrons. The standard InChI is InChI=1S/C14H19N/c1-4-5-6-7-15-11-14-9-12(2)8-13(3)10-14/h1,8-10,15H,5-7,11H2,2-3H3. The molecule has 0 aliphatic heterocycles. The molecule has 0 heterocycles. The fourth-order valence-corrected chi connectivity index (χ4v) is 1.72. The molecule has 0 aliphatic rings. The van der Waals surface area contributed by atoms with Crippen LogP contribution in [-0.2, 0) is 6.54 Å². The maximum atomic E-state index is 5.18. The molecule has 1 rings (SSSR count). The van der Waals surface area contributed by atoms with E-state index < -0.39 is 0 Å². The third-order valence-electron chi connectivity index (χ3n) is 2.29. The van der Waals surface area contributed by atoms with Crippen molar-refractivity contribution in [2.45, 2.75) is 33.2 Å². The van der Waals surface area contributed by atoms with Crippen LogP contribution in [0.4, 0.5) is 0 Å². The minimum absolute atomic E-state index is 0.861. The van der Waals surface area contributed by atoms with Crippen LogP contribution in [0.2, 0.25) is 0 Å². The topological polar surface area (TPSA) is 12.0 Å². The van der Waals surface area contributed by atoms with Gasteiger partial charge in [0, 0.05) is 13.0 Å². The summed E-state index contributed by atoms with van der Waals surface area (Å²) >= 11 is 0. The van der Waals surface area contributed by atoms with Crippen molar-refractivity contribution in [3.8, 4) is 12.3 Å². The molecule has 0 bridgehead atoms. The van der Waals surface area contributed by atoms with E-state index in [0.29, 0.717) is 0 Å². The molecular formula is C14H19N. The van der Waals surface area contributed by atoms with Crippen LogP contribution in [-0.4, -0.2) is 6.54 Å². The second kappa shape index (κ2) is 6.27. The Morgan fingerprint density at radius 1 is 1.20 bits per heavy atom. The molecule has 0 saturated carbocycles. The molecule has 0 amide bonds. The second-order valence-corrected chi connectivity index (χ2v) is 3.98. The molecule has 0 aromatic heterocycles. The van der Waals surface area contributed by atoms with E-state index in [4.69, 9.17) is 6.42 Å². The summed E-state index contributed by atoms with van der Waals surface area (Å²) in [5.41, 5.74) is 4.01. The zero-order valence-corrected chi connectivity index (χ0v) is 9.64. The van der Waals surface area contributed by atoms with Crippen molar-refractivity contribution in [1.29, 1.82) is 0 Å². The molecule has 0 atom stereocenters. The largest absolute Gasteiger partial charge is 0.313 e. The van der Waals surface area contributed by atoms with Gasteiger partial charge in [0.25, 0.3) is 0 Å². The third kappa shape index (κ3) is 4.67. The smallest absolute Gasteiger partial charge is 0.0205 e. The van der Waals surface area contributed by atoms with Crippen molar-refractivity contribution in [2.75, 3.05) is 6.54 Å². The Morgan fingerprint density at radius 3 is 2.47 bits per heavy atom. The lowest BCUT2D eigenvalue weighted by Crippen LogP contribution is -2.14. The summed E-state index contributed by atoms with van der Waals surface area (Å²) in [6.45, 7) is 6.20. The highest BCUT2D eigenvalue weighted by atomic mass is 14.8. The number of aryl methyl sites for hydroxylation is 2. The molecule has 80 valence electrons. The molecule has 1 aromatic rings. The summed E-state index contributed by atoms with van der Waals surface area (Å²) in [5, 5.41) is 3.40. The van der Waals surface area contributed by atoms with E-state index in [1.165, 1.54) is 16.7 Å². The minimum atomic E-state index is 0.861. The molecular weight excluding hydrogens is 182 g/mol. The maximum absolute atomic E-state index is 5.18. The summed E-state index contributed by atoms with van der Waals surface area (Å²) < 4.78 is 0. The van der Waals surface area contributed by atoms with E-state index in [1.54, 1.807) is 0 Å². The number of hydrogen-bond acceptors (Lipinski definition) is 1. The van der Waals surface area contributed by atoms with Crippen LogP contribution < -0.4 is 5.32 Å². The first-order valence-electron chi connectivity index (χ1n) is 5.43. The van der Waals surface area contributed by atoms with Gasteiger partial charge in [0.2, 0.25) is 0 Å². The Morgan fingerprint density at radius 2 is 1.87 bits per heavy atom. The summed E-state index contributed by atoms with van der Waals surface area (Å²) in [7, 11) is 0. The lowest BCUT2D eigenvalue weighted by atomic mass is 10.1. The average molecular weight is 201 g/mol. The van der Waals surface area contributed by atoms with Crippen molar-refractivity contribution in [3.05, 3.63) is 34.9 Å². The van der Waals surface area contributed by atoms with Gasteiger partial charge >= 0.3 is 0 Å². The Hall–Kier alpha value is -1.26. The van der Waals surface area contributed by atoms with E-state index in [2.05, 4.69) is 43.3 Å². The molecule has 1 heteroatoms. The normalized spacial score (nSPS) is 9.93. The van der Waals surface area contributed by atoms with Crippen molar-refractivity contribution in [2.24, 2.45) is 0 Å². The Kier molecular flexibility index (Phi) is 4.93. The van der Waals surface area contributed by atoms with Crippen LogP contribution in [0.3, 0.4) is 0 Å². The Bertz CT molecular complexity index is 327. The highest BCUT2D eigenvalue weighted by Gasteiger charge is 1.95. The highest BCUT2D eigenvalue weighted by Crippen LogP contribution is 2.08. The van der Waals surface area contributed by atoms with E-state index in [0.717, 1.165) is 25.9 Å². The van der Waals surface area contributed by atoms with E-state index in [9.17, 15) is 0 Å². The first kappa shape index (κ1) is 11.8. The van der Waals surface area contributed by atoms with Gasteiger partial charge in [-0.25, -0.2) is 0 Å². The summed E-state index contributed by atoms with van der Waals surface area (Å²) in [5.74, 6) is 2.64. The van der Waals surface area contributed by atoms with Gasteiger partial charge in [-0.3, -0.25) is 0 Å². The van der Waals surface area contributed by atoms with Crippen molar-refractivity contribution in [3.63, 3.8) is 0 Å². The number of unbranched alkanes of at least 4 members (excludes halogenated alkanes) is 1. The van der Waals surface area contributed by atoms with E-state index in [-0.39, 0.29) is 0 Å². The van der Waals surface area contributed by atoms with Gasteiger partial charge in [-0.2, -0.15) is 0 Å². The maximum Gasteiger partial charge on any atom is 0.0205 e. The lowest BCUT2D eigenvalue weighted by Gasteiger charge is -2.06. The predicted octanol–water partition coefficient (Wildman–Crippen LogP) is 2.81. The monoisotopic (exact) mass is 201 g/mol. The Balaban J connectivity index is 2.34. The molecule has 0 unspecified atom stereocenters. The molecule has 1 aromatic carbocycles. The number of benzene rings is 1. The summed E-state index contributed by atoms with van der Waals surface area (Å²) in [6.07, 6.45) is 7.10. The van der Waals surface area contributed by atoms with Crippen molar-refractivity contribution >= 4 is 0 Å². The molecule has 0 aliphatic carbocycles. The minimum Gasteiger partial charge on any atom is -0.313 e. The second-order valence-electron chi connectivity index (χ2n) is 3.98. The lowest BCUT2D eigenvalue weighted by molar-refractivity contribution is 0.658. The average Bonchev–Trinajstić information content (AvgIpc) is 2.16. The van der Waals surface area contributed by atoms with E-state index in [1.807, 2.05) is 0 Å². The van der Waals surface area contributed by atoms with Gasteiger partial charge in [-0.1, -0.05) is 29.3 Å². The number of hydrogen-bond donors (Lipinski definition) is 1. The number of nitrogens with one attached hydrogen (secondary N) is 1. The molecule has 0 fully saturated rings. The van der Waals surface area contributed by atoms with Crippen molar-refractivity contribution in [1.82, 2.24) is 5.32 Å². The highest BCUT2D eigenvalue weighted by molar-refractivity contribution is 5.28. The first-order valence-corrected chi connectivity index (χ1v) is 5.43. The molecule has 1 nitrogen and oxygen atoms in total. The van der Waals surface area contributed by atoms with Crippen molar-refractivity contribution < 1.29 is 0 Å². The fraction of sp³-hybridized carbons (Fsp3) is 0.429. The van der Waals surface area contributed by atoms with Gasteiger partial charge in [-0.15, -0.1) is 12.3 Å². The zero-order valence-electron chi connectivity index (χ0n) is 9.64. The van der Waals surface area contributed by atoms with Gasteiger partial charge < -0.3 is 5.32 Å². The summed E-state index contributed by atoms with van der Waals surface area (Å²) in [6, 6.07) is 6.64. The van der Waals surface area contributed by atoms with Gasteiger partial charge in [0.1, 0.15) is 0 Å². The molecule has 0 saturated heterocycles. The molecule has 0 spiro atoms. The number of terminal acetylenes is 1. The van der Waals surface area contributed by atoms with Crippen LogP contribution in [0, 0.1) is 26.2 Å². The van der Waals surface area contributed by atoms with Gasteiger partial charge in [-0.05, 0) is 32.4 Å². The van der Waals surface area contributed by atoms with Crippen LogP contribution in [0.15, 0.2) is 18.2 Å². The number of rotatable bonds is 5. The quantitative estimate of drug-likeness (QED) is 0.570. The third-order valence-corrected chi connectivity index (χ3v) is 2.29. The SMILES string of the molecule is C#CCCCNCc1cc(C)cc(C)c1. The molecule has 15 heavy (non-hydrogen) atoms. The van der Waals surface area contributed by atoms with Crippen LogP contribution in [0.1, 0.15) is 29.5 Å². The summed E-state index contributed by atoms with van der Waals surface area (Å²) in [4.78, 5) is 0. The van der Waals surface area contributed by atoms with Crippen LogP contribution in [0.5, 0.6) is 0 Å². The van der Waals surface area contributed by atoms with Gasteiger partial charge in [0.05, 0.1) is 0 Å².